The van der Waals surface area contributed by atoms with Crippen molar-refractivity contribution in [1.29, 1.82) is 0 Å². The minimum atomic E-state index is -0.0183. The zero-order valence-corrected chi connectivity index (χ0v) is 11.3. The summed E-state index contributed by atoms with van der Waals surface area (Å²) < 4.78 is 11.1. The van der Waals surface area contributed by atoms with Crippen LogP contribution in [0.4, 0.5) is 5.82 Å². The second kappa shape index (κ2) is 6.11. The lowest BCUT2D eigenvalue weighted by atomic mass is 10.1. The molecule has 5 nitrogen and oxygen atoms in total. The van der Waals surface area contributed by atoms with Crippen LogP contribution in [0.5, 0.6) is 0 Å². The van der Waals surface area contributed by atoms with Gasteiger partial charge in [-0.15, -0.1) is 0 Å². The number of ether oxygens (including phenoxy) is 2. The van der Waals surface area contributed by atoms with Crippen molar-refractivity contribution in [3.05, 3.63) is 17.1 Å². The highest BCUT2D eigenvalue weighted by molar-refractivity contribution is 5.46. The Labute approximate surface area is 108 Å². The molecule has 0 radical (unpaired) electrons. The van der Waals surface area contributed by atoms with Gasteiger partial charge in [-0.1, -0.05) is 6.92 Å². The monoisotopic (exact) mass is 251 g/mol. The number of anilines is 1. The van der Waals surface area contributed by atoms with E-state index in [1.54, 1.807) is 0 Å². The highest BCUT2D eigenvalue weighted by Gasteiger charge is 2.21. The Morgan fingerprint density at radius 1 is 1.39 bits per heavy atom. The van der Waals surface area contributed by atoms with E-state index >= 15 is 0 Å². The highest BCUT2D eigenvalue weighted by Crippen LogP contribution is 2.26. The average molecular weight is 251 g/mol. The highest BCUT2D eigenvalue weighted by atomic mass is 16.5. The molecule has 18 heavy (non-hydrogen) atoms. The van der Waals surface area contributed by atoms with Crippen molar-refractivity contribution >= 4 is 5.82 Å². The molecule has 1 unspecified atom stereocenters. The number of hydrogen-bond donors (Lipinski definition) is 1. The Balaban J connectivity index is 2.36. The van der Waals surface area contributed by atoms with E-state index in [4.69, 9.17) is 9.47 Å². The fourth-order valence-electron chi connectivity index (χ4n) is 2.18. The fraction of sp³-hybridized carbons (Fsp3) is 0.692. The Hall–Kier alpha value is -1.20. The van der Waals surface area contributed by atoms with Gasteiger partial charge in [0.25, 0.3) is 0 Å². The third-order valence-electron chi connectivity index (χ3n) is 3.10. The van der Waals surface area contributed by atoms with Gasteiger partial charge in [0, 0.05) is 25.6 Å². The van der Waals surface area contributed by atoms with E-state index in [-0.39, 0.29) is 6.10 Å². The Bertz CT molecular complexity index is 392. The summed E-state index contributed by atoms with van der Waals surface area (Å²) in [5, 5.41) is 3.13. The van der Waals surface area contributed by atoms with E-state index < -0.39 is 0 Å². The molecule has 0 bridgehead atoms. The molecule has 1 atom stereocenters. The van der Waals surface area contributed by atoms with E-state index in [0.717, 1.165) is 42.3 Å². The van der Waals surface area contributed by atoms with Gasteiger partial charge in [0.2, 0.25) is 0 Å². The zero-order chi connectivity index (χ0) is 13.0. The Kier molecular flexibility index (Phi) is 4.49. The van der Waals surface area contributed by atoms with Gasteiger partial charge in [0.05, 0.1) is 18.9 Å². The van der Waals surface area contributed by atoms with Crippen LogP contribution in [0.1, 0.15) is 43.5 Å². The van der Waals surface area contributed by atoms with E-state index in [1.165, 1.54) is 0 Å². The number of rotatable bonds is 5. The molecule has 0 saturated carbocycles. The fourth-order valence-corrected chi connectivity index (χ4v) is 2.18. The van der Waals surface area contributed by atoms with Crippen LogP contribution in [0, 0.1) is 0 Å². The normalized spacial score (nSPS) is 16.2. The summed E-state index contributed by atoms with van der Waals surface area (Å²) >= 11 is 0. The average Bonchev–Trinajstić information content (AvgIpc) is 2.43. The van der Waals surface area contributed by atoms with Crippen LogP contribution in [-0.2, 0) is 22.5 Å². The summed E-state index contributed by atoms with van der Waals surface area (Å²) in [5.41, 5.74) is 2.17. The Morgan fingerprint density at radius 2 is 2.22 bits per heavy atom. The summed E-state index contributed by atoms with van der Waals surface area (Å²) in [6.45, 7) is 6.09. The van der Waals surface area contributed by atoms with Crippen molar-refractivity contribution < 1.29 is 9.47 Å². The van der Waals surface area contributed by atoms with Gasteiger partial charge in [-0.05, 0) is 13.3 Å². The summed E-state index contributed by atoms with van der Waals surface area (Å²) in [7, 11) is 1.88. The standard InChI is InChI=1S/C13H21N3O2/c1-4-11(18-5-2)13-15-10-6-7-17-8-9(10)12(14-3)16-13/h11H,4-8H2,1-3H3,(H,14,15,16). The predicted molar refractivity (Wildman–Crippen MR) is 69.6 cm³/mol. The number of fused-ring (bicyclic) bond motifs is 1. The molecular weight excluding hydrogens is 230 g/mol. The first-order valence-corrected chi connectivity index (χ1v) is 6.56. The quantitative estimate of drug-likeness (QED) is 0.868. The molecular formula is C13H21N3O2. The maximum Gasteiger partial charge on any atom is 0.159 e. The second-order valence-corrected chi connectivity index (χ2v) is 4.26. The SMILES string of the molecule is CCOC(CC)c1nc2c(c(NC)n1)COCC2. The third kappa shape index (κ3) is 2.62. The number of aromatic nitrogens is 2. The van der Waals surface area contributed by atoms with E-state index in [2.05, 4.69) is 22.2 Å². The molecule has 1 aliphatic rings. The number of hydrogen-bond acceptors (Lipinski definition) is 5. The lowest BCUT2D eigenvalue weighted by molar-refractivity contribution is 0.0526. The molecule has 0 saturated heterocycles. The molecule has 0 aromatic carbocycles. The third-order valence-corrected chi connectivity index (χ3v) is 3.10. The summed E-state index contributed by atoms with van der Waals surface area (Å²) in [4.78, 5) is 9.22. The van der Waals surface area contributed by atoms with Crippen LogP contribution in [0.2, 0.25) is 0 Å². The van der Waals surface area contributed by atoms with E-state index in [0.29, 0.717) is 13.2 Å². The lowest BCUT2D eigenvalue weighted by Crippen LogP contribution is -2.19. The molecule has 5 heteroatoms. The van der Waals surface area contributed by atoms with Crippen molar-refractivity contribution in [1.82, 2.24) is 9.97 Å². The minimum absolute atomic E-state index is 0.0183. The molecule has 1 aliphatic heterocycles. The molecule has 100 valence electrons. The van der Waals surface area contributed by atoms with Crippen LogP contribution in [-0.4, -0.2) is 30.2 Å². The molecule has 0 amide bonds. The molecule has 0 spiro atoms. The molecule has 1 N–H and O–H groups in total. The van der Waals surface area contributed by atoms with Gasteiger partial charge in [-0.3, -0.25) is 0 Å². The van der Waals surface area contributed by atoms with Crippen molar-refractivity contribution in [2.75, 3.05) is 25.6 Å². The Morgan fingerprint density at radius 3 is 2.89 bits per heavy atom. The molecule has 2 rings (SSSR count). The van der Waals surface area contributed by atoms with Gasteiger partial charge in [0.15, 0.2) is 5.82 Å². The number of nitrogens with one attached hydrogen (secondary N) is 1. The van der Waals surface area contributed by atoms with Crippen LogP contribution in [0.3, 0.4) is 0 Å². The molecule has 1 aromatic heterocycles. The van der Waals surface area contributed by atoms with E-state index in [1.807, 2.05) is 14.0 Å². The maximum absolute atomic E-state index is 5.68. The first-order chi connectivity index (χ1) is 8.80. The van der Waals surface area contributed by atoms with Crippen LogP contribution >= 0.6 is 0 Å². The molecule has 2 heterocycles. The first kappa shape index (κ1) is 13.2. The predicted octanol–water partition coefficient (Wildman–Crippen LogP) is 2.08. The van der Waals surface area contributed by atoms with Crippen molar-refractivity contribution in [2.45, 2.75) is 39.4 Å². The van der Waals surface area contributed by atoms with Gasteiger partial charge in [-0.25, -0.2) is 9.97 Å². The van der Waals surface area contributed by atoms with Gasteiger partial charge in [0.1, 0.15) is 11.9 Å². The van der Waals surface area contributed by atoms with Crippen LogP contribution in [0.25, 0.3) is 0 Å². The summed E-state index contributed by atoms with van der Waals surface area (Å²) in [6, 6.07) is 0. The van der Waals surface area contributed by atoms with Crippen molar-refractivity contribution in [2.24, 2.45) is 0 Å². The summed E-state index contributed by atoms with van der Waals surface area (Å²) in [6.07, 6.45) is 1.71. The lowest BCUT2D eigenvalue weighted by Gasteiger charge is -2.21. The smallest absolute Gasteiger partial charge is 0.159 e. The topological polar surface area (TPSA) is 56.3 Å². The zero-order valence-electron chi connectivity index (χ0n) is 11.3. The molecule has 0 fully saturated rings. The first-order valence-electron chi connectivity index (χ1n) is 6.56. The molecule has 0 aliphatic carbocycles. The maximum atomic E-state index is 5.68. The van der Waals surface area contributed by atoms with Gasteiger partial charge in [-0.2, -0.15) is 0 Å². The van der Waals surface area contributed by atoms with Crippen LogP contribution < -0.4 is 5.32 Å². The van der Waals surface area contributed by atoms with Crippen LogP contribution in [0.15, 0.2) is 0 Å². The number of nitrogens with zero attached hydrogens (tertiary/aromatic N) is 2. The largest absolute Gasteiger partial charge is 0.376 e. The van der Waals surface area contributed by atoms with Gasteiger partial charge < -0.3 is 14.8 Å². The van der Waals surface area contributed by atoms with Gasteiger partial charge >= 0.3 is 0 Å². The summed E-state index contributed by atoms with van der Waals surface area (Å²) in [5.74, 6) is 1.65. The van der Waals surface area contributed by atoms with Crippen molar-refractivity contribution in [3.63, 3.8) is 0 Å². The van der Waals surface area contributed by atoms with Crippen molar-refractivity contribution in [3.8, 4) is 0 Å². The minimum Gasteiger partial charge on any atom is -0.376 e. The second-order valence-electron chi connectivity index (χ2n) is 4.26. The molecule has 1 aromatic rings. The van der Waals surface area contributed by atoms with E-state index in [9.17, 15) is 0 Å².